The van der Waals surface area contributed by atoms with Gasteiger partial charge in [-0.1, -0.05) is 37.0 Å². The van der Waals surface area contributed by atoms with Crippen LogP contribution < -0.4 is 5.32 Å². The third-order valence-corrected chi connectivity index (χ3v) is 4.99. The van der Waals surface area contributed by atoms with Crippen molar-refractivity contribution < 1.29 is 14.3 Å². The Kier molecular flexibility index (Phi) is 4.22. The van der Waals surface area contributed by atoms with Crippen molar-refractivity contribution in [2.75, 3.05) is 5.32 Å². The highest BCUT2D eigenvalue weighted by atomic mass is 35.5. The van der Waals surface area contributed by atoms with Gasteiger partial charge in [0, 0.05) is 16.3 Å². The van der Waals surface area contributed by atoms with Crippen molar-refractivity contribution in [1.82, 2.24) is 0 Å². The van der Waals surface area contributed by atoms with E-state index in [1.165, 1.54) is 12.1 Å². The quantitative estimate of drug-likeness (QED) is 0.719. The molecule has 0 spiro atoms. The van der Waals surface area contributed by atoms with Crippen molar-refractivity contribution in [3.8, 4) is 0 Å². The first-order valence-electron chi connectivity index (χ1n) is 7.48. The molecule has 3 rings (SSSR count). The van der Waals surface area contributed by atoms with Crippen molar-refractivity contribution >= 4 is 34.9 Å². The second-order valence-corrected chi connectivity index (χ2v) is 7.48. The summed E-state index contributed by atoms with van der Waals surface area (Å²) in [5, 5.41) is 13.2. The molecule has 1 aliphatic rings. The number of rotatable bonds is 2. The normalized spacial score (nSPS) is 18.6. The number of hydrogen-bond donors (Lipinski definition) is 2. The molecule has 1 aliphatic heterocycles. The molecule has 0 amide bonds. The first-order valence-corrected chi connectivity index (χ1v) is 8.23. The molecule has 0 saturated carbocycles. The van der Waals surface area contributed by atoms with E-state index in [0.717, 1.165) is 5.56 Å². The van der Waals surface area contributed by atoms with Gasteiger partial charge in [-0.15, -0.1) is 0 Å². The lowest BCUT2D eigenvalue weighted by molar-refractivity contribution is 0.0697. The Hall–Kier alpha value is -1.78. The van der Waals surface area contributed by atoms with E-state index in [0.29, 0.717) is 22.7 Å². The SMILES string of the molecule is CC1(C)CC(c2cc(Cl)ccc2F)Nc2cc(Cl)c(C(=O)O)cc21. The number of anilines is 1. The zero-order chi connectivity index (χ0) is 17.6. The van der Waals surface area contributed by atoms with Crippen LogP contribution in [0.3, 0.4) is 0 Å². The summed E-state index contributed by atoms with van der Waals surface area (Å²) in [6.07, 6.45) is 0.595. The van der Waals surface area contributed by atoms with E-state index in [9.17, 15) is 14.3 Å². The highest BCUT2D eigenvalue weighted by Crippen LogP contribution is 2.46. The predicted octanol–water partition coefficient (Wildman–Crippen LogP) is 5.67. The van der Waals surface area contributed by atoms with Gasteiger partial charge in [-0.2, -0.15) is 0 Å². The lowest BCUT2D eigenvalue weighted by Crippen LogP contribution is -2.32. The molecule has 1 atom stereocenters. The highest BCUT2D eigenvalue weighted by molar-refractivity contribution is 6.34. The minimum absolute atomic E-state index is 0.0673. The molecule has 0 aromatic heterocycles. The molecule has 24 heavy (non-hydrogen) atoms. The monoisotopic (exact) mass is 367 g/mol. The summed E-state index contributed by atoms with van der Waals surface area (Å²) in [4.78, 5) is 11.3. The number of hydrogen-bond acceptors (Lipinski definition) is 2. The molecule has 0 aliphatic carbocycles. The maximum absolute atomic E-state index is 14.2. The van der Waals surface area contributed by atoms with Gasteiger partial charge in [-0.05, 0) is 47.7 Å². The minimum Gasteiger partial charge on any atom is -0.478 e. The lowest BCUT2D eigenvalue weighted by atomic mass is 9.73. The molecule has 126 valence electrons. The van der Waals surface area contributed by atoms with Gasteiger partial charge < -0.3 is 10.4 Å². The van der Waals surface area contributed by atoms with Crippen LogP contribution in [0.25, 0.3) is 0 Å². The van der Waals surface area contributed by atoms with Gasteiger partial charge in [0.15, 0.2) is 0 Å². The van der Waals surface area contributed by atoms with Gasteiger partial charge in [0.05, 0.1) is 16.6 Å². The second-order valence-electron chi connectivity index (χ2n) is 6.63. The Morgan fingerprint density at radius 3 is 2.67 bits per heavy atom. The second kappa shape index (κ2) is 5.94. The average molecular weight is 368 g/mol. The molecular formula is C18H16Cl2FNO2. The summed E-state index contributed by atoms with van der Waals surface area (Å²) in [5.74, 6) is -1.40. The van der Waals surface area contributed by atoms with Crippen LogP contribution >= 0.6 is 23.2 Å². The van der Waals surface area contributed by atoms with Gasteiger partial charge in [0.25, 0.3) is 0 Å². The van der Waals surface area contributed by atoms with E-state index in [-0.39, 0.29) is 27.9 Å². The van der Waals surface area contributed by atoms with Gasteiger partial charge in [0.2, 0.25) is 0 Å². The molecule has 0 radical (unpaired) electrons. The molecule has 6 heteroatoms. The van der Waals surface area contributed by atoms with Gasteiger partial charge >= 0.3 is 5.97 Å². The van der Waals surface area contributed by atoms with Crippen LogP contribution in [0.1, 0.15) is 47.8 Å². The number of carboxylic acid groups (broad SMARTS) is 1. The van der Waals surface area contributed by atoms with Crippen LogP contribution in [-0.4, -0.2) is 11.1 Å². The van der Waals surface area contributed by atoms with Crippen molar-refractivity contribution in [1.29, 1.82) is 0 Å². The number of nitrogens with one attached hydrogen (secondary N) is 1. The van der Waals surface area contributed by atoms with E-state index < -0.39 is 5.97 Å². The molecule has 2 aromatic carbocycles. The Morgan fingerprint density at radius 2 is 2.00 bits per heavy atom. The van der Waals surface area contributed by atoms with Crippen LogP contribution in [0, 0.1) is 5.82 Å². The van der Waals surface area contributed by atoms with Gasteiger partial charge in [-0.25, -0.2) is 9.18 Å². The molecule has 2 N–H and O–H groups in total. The molecule has 1 heterocycles. The number of fused-ring (bicyclic) bond motifs is 1. The van der Waals surface area contributed by atoms with Gasteiger partial charge in [0.1, 0.15) is 5.82 Å². The molecule has 0 fully saturated rings. The van der Waals surface area contributed by atoms with Crippen molar-refractivity contribution in [3.63, 3.8) is 0 Å². The number of halogens is 3. The molecule has 1 unspecified atom stereocenters. The summed E-state index contributed by atoms with van der Waals surface area (Å²) in [6.45, 7) is 4.00. The van der Waals surface area contributed by atoms with Crippen LogP contribution in [0.15, 0.2) is 30.3 Å². The van der Waals surface area contributed by atoms with E-state index in [1.54, 1.807) is 18.2 Å². The fraction of sp³-hybridized carbons (Fsp3) is 0.278. The summed E-state index contributed by atoms with van der Waals surface area (Å²) in [5.41, 5.74) is 1.76. The van der Waals surface area contributed by atoms with Gasteiger partial charge in [-0.3, -0.25) is 0 Å². The van der Waals surface area contributed by atoms with Crippen LogP contribution in [0.4, 0.5) is 10.1 Å². The maximum atomic E-state index is 14.2. The van der Waals surface area contributed by atoms with E-state index in [2.05, 4.69) is 5.32 Å². The Morgan fingerprint density at radius 1 is 1.29 bits per heavy atom. The summed E-state index contributed by atoms with van der Waals surface area (Å²) >= 11 is 12.1. The van der Waals surface area contributed by atoms with E-state index >= 15 is 0 Å². The number of aromatic carboxylic acids is 1. The molecule has 2 aromatic rings. The Labute approximate surface area is 149 Å². The zero-order valence-corrected chi connectivity index (χ0v) is 14.7. The van der Waals surface area contributed by atoms with E-state index in [4.69, 9.17) is 23.2 Å². The Balaban J connectivity index is 2.09. The zero-order valence-electron chi connectivity index (χ0n) is 13.2. The minimum atomic E-state index is -1.07. The van der Waals surface area contributed by atoms with Crippen LogP contribution in [-0.2, 0) is 5.41 Å². The summed E-state index contributed by atoms with van der Waals surface area (Å²) < 4.78 is 14.2. The van der Waals surface area contributed by atoms with Crippen molar-refractivity contribution in [2.24, 2.45) is 0 Å². The molecule has 0 saturated heterocycles. The smallest absolute Gasteiger partial charge is 0.337 e. The maximum Gasteiger partial charge on any atom is 0.337 e. The standard InChI is InChI=1S/C18H16Cl2FNO2/c1-18(2)8-16(11-5-9(19)3-4-14(11)21)22-15-7-13(20)10(17(23)24)6-12(15)18/h3-7,16,22H,8H2,1-2H3,(H,23,24). The first kappa shape index (κ1) is 17.1. The number of benzene rings is 2. The first-order chi connectivity index (χ1) is 11.2. The number of carbonyl (C=O) groups is 1. The largest absolute Gasteiger partial charge is 0.478 e. The molecule has 3 nitrogen and oxygen atoms in total. The number of carboxylic acids is 1. The molecular weight excluding hydrogens is 352 g/mol. The molecule has 0 bridgehead atoms. The van der Waals surface area contributed by atoms with E-state index in [1.807, 2.05) is 13.8 Å². The third kappa shape index (κ3) is 2.96. The Bertz CT molecular complexity index is 836. The highest BCUT2D eigenvalue weighted by Gasteiger charge is 2.35. The lowest BCUT2D eigenvalue weighted by Gasteiger charge is -2.39. The topological polar surface area (TPSA) is 49.3 Å². The summed E-state index contributed by atoms with van der Waals surface area (Å²) in [6, 6.07) is 7.38. The predicted molar refractivity (Wildman–Crippen MR) is 93.8 cm³/mol. The van der Waals surface area contributed by atoms with Crippen LogP contribution in [0.2, 0.25) is 10.0 Å². The average Bonchev–Trinajstić information content (AvgIpc) is 2.47. The fourth-order valence-corrected chi connectivity index (χ4v) is 3.67. The fourth-order valence-electron chi connectivity index (χ4n) is 3.24. The van der Waals surface area contributed by atoms with Crippen LogP contribution in [0.5, 0.6) is 0 Å². The van der Waals surface area contributed by atoms with Crippen molar-refractivity contribution in [3.05, 3.63) is 62.9 Å². The third-order valence-electron chi connectivity index (χ3n) is 4.44. The van der Waals surface area contributed by atoms with Crippen molar-refractivity contribution in [2.45, 2.75) is 31.7 Å². The summed E-state index contributed by atoms with van der Waals surface area (Å²) in [7, 11) is 0.